The molecule has 6 nitrogen and oxygen atoms in total. The van der Waals surface area contributed by atoms with Crippen LogP contribution in [0.1, 0.15) is 44.1 Å². The molecule has 1 unspecified atom stereocenters. The maximum Gasteiger partial charge on any atom is 0.230 e. The van der Waals surface area contributed by atoms with Crippen molar-refractivity contribution in [2.75, 3.05) is 40.8 Å². The highest BCUT2D eigenvalue weighted by atomic mass is 16.2. The highest BCUT2D eigenvalue weighted by Gasteiger charge is 2.42. The van der Waals surface area contributed by atoms with Crippen LogP contribution in [0.3, 0.4) is 0 Å². The summed E-state index contributed by atoms with van der Waals surface area (Å²) in [5.74, 6) is 1.05. The van der Waals surface area contributed by atoms with Gasteiger partial charge in [-0.2, -0.15) is 0 Å². The second kappa shape index (κ2) is 10.1. The normalized spacial score (nSPS) is 22.3. The van der Waals surface area contributed by atoms with Crippen LogP contribution in [0.5, 0.6) is 0 Å². The molecule has 1 atom stereocenters. The van der Waals surface area contributed by atoms with Crippen molar-refractivity contribution in [2.45, 2.75) is 51.1 Å². The summed E-state index contributed by atoms with van der Waals surface area (Å²) in [4.78, 5) is 21.5. The second-order valence-corrected chi connectivity index (χ2v) is 8.82. The minimum Gasteiger partial charge on any atom is -0.355 e. The Morgan fingerprint density at radius 1 is 1.21 bits per heavy atom. The van der Waals surface area contributed by atoms with E-state index >= 15 is 0 Å². The van der Waals surface area contributed by atoms with Gasteiger partial charge in [-0.15, -0.1) is 0 Å². The number of rotatable bonds is 6. The van der Waals surface area contributed by atoms with Gasteiger partial charge in [-0.1, -0.05) is 43.2 Å². The molecule has 1 aliphatic heterocycles. The number of amides is 1. The second-order valence-electron chi connectivity index (χ2n) is 8.82. The molecular formula is C23H37N5O. The minimum absolute atomic E-state index is 0.240. The Bertz CT molecular complexity index is 682. The molecule has 1 saturated heterocycles. The molecule has 1 aliphatic carbocycles. The van der Waals surface area contributed by atoms with Crippen LogP contribution in [-0.4, -0.2) is 68.5 Å². The van der Waals surface area contributed by atoms with Crippen LogP contribution in [0.2, 0.25) is 0 Å². The van der Waals surface area contributed by atoms with Gasteiger partial charge in [0, 0.05) is 46.8 Å². The standard InChI is InChI=1S/C23H37N5O/c1-24-22(25-18-23(13-7-8-14-23)21(29)27(2)3)26-20-12-9-15-28(17-20)16-19-10-5-4-6-11-19/h4-6,10-11,20H,7-9,12-18H2,1-3H3,(H2,24,25,26). The first-order valence-corrected chi connectivity index (χ1v) is 11.0. The molecule has 0 spiro atoms. The van der Waals surface area contributed by atoms with Crippen LogP contribution in [-0.2, 0) is 11.3 Å². The van der Waals surface area contributed by atoms with Crippen LogP contribution < -0.4 is 10.6 Å². The lowest BCUT2D eigenvalue weighted by Gasteiger charge is -2.35. The van der Waals surface area contributed by atoms with Gasteiger partial charge in [0.1, 0.15) is 0 Å². The monoisotopic (exact) mass is 399 g/mol. The van der Waals surface area contributed by atoms with Crippen molar-refractivity contribution in [3.05, 3.63) is 35.9 Å². The maximum absolute atomic E-state index is 12.8. The number of carbonyl (C=O) groups is 1. The van der Waals surface area contributed by atoms with Crippen molar-refractivity contribution in [2.24, 2.45) is 10.4 Å². The zero-order valence-corrected chi connectivity index (χ0v) is 18.3. The summed E-state index contributed by atoms with van der Waals surface area (Å²) in [6.45, 7) is 3.80. The van der Waals surface area contributed by atoms with E-state index in [4.69, 9.17) is 0 Å². The van der Waals surface area contributed by atoms with Crippen molar-refractivity contribution in [3.63, 3.8) is 0 Å². The van der Waals surface area contributed by atoms with Gasteiger partial charge in [0.15, 0.2) is 5.96 Å². The van der Waals surface area contributed by atoms with Gasteiger partial charge in [-0.3, -0.25) is 14.7 Å². The molecule has 2 aliphatic rings. The Hall–Kier alpha value is -2.08. The molecular weight excluding hydrogens is 362 g/mol. The lowest BCUT2D eigenvalue weighted by molar-refractivity contribution is -0.138. The fourth-order valence-corrected chi connectivity index (χ4v) is 4.79. The maximum atomic E-state index is 12.8. The van der Waals surface area contributed by atoms with Crippen LogP contribution >= 0.6 is 0 Å². The SMILES string of the molecule is CN=C(NCC1(C(=O)N(C)C)CCCC1)NC1CCCN(Cc2ccccc2)C1. The molecule has 2 N–H and O–H groups in total. The Balaban J connectivity index is 1.53. The van der Waals surface area contributed by atoms with Crippen molar-refractivity contribution < 1.29 is 4.79 Å². The molecule has 3 rings (SSSR count). The molecule has 1 saturated carbocycles. The Morgan fingerprint density at radius 2 is 1.93 bits per heavy atom. The summed E-state index contributed by atoms with van der Waals surface area (Å²) in [5.41, 5.74) is 1.08. The number of nitrogens with one attached hydrogen (secondary N) is 2. The van der Waals surface area contributed by atoms with Crippen molar-refractivity contribution in [1.29, 1.82) is 0 Å². The number of benzene rings is 1. The van der Waals surface area contributed by atoms with E-state index in [-0.39, 0.29) is 11.3 Å². The molecule has 160 valence electrons. The molecule has 2 fully saturated rings. The van der Waals surface area contributed by atoms with Gasteiger partial charge in [0.25, 0.3) is 0 Å². The number of hydrogen-bond acceptors (Lipinski definition) is 3. The first-order valence-electron chi connectivity index (χ1n) is 11.0. The largest absolute Gasteiger partial charge is 0.355 e. The Morgan fingerprint density at radius 3 is 2.59 bits per heavy atom. The first kappa shape index (κ1) is 21.6. The molecule has 0 aromatic heterocycles. The minimum atomic E-state index is -0.285. The van der Waals surface area contributed by atoms with Crippen LogP contribution in [0.15, 0.2) is 35.3 Å². The van der Waals surface area contributed by atoms with E-state index in [0.29, 0.717) is 12.6 Å². The average molecular weight is 400 g/mol. The van der Waals surface area contributed by atoms with E-state index in [1.807, 2.05) is 21.1 Å². The Labute approximate surface area is 175 Å². The fourth-order valence-electron chi connectivity index (χ4n) is 4.79. The summed E-state index contributed by atoms with van der Waals surface area (Å²) in [5, 5.41) is 7.08. The van der Waals surface area contributed by atoms with Crippen LogP contribution in [0.4, 0.5) is 0 Å². The summed E-state index contributed by atoms with van der Waals surface area (Å²) in [7, 11) is 5.53. The number of nitrogens with zero attached hydrogens (tertiary/aromatic N) is 3. The number of likely N-dealkylation sites (tertiary alicyclic amines) is 1. The third kappa shape index (κ3) is 5.72. The molecule has 6 heteroatoms. The molecule has 1 heterocycles. The van der Waals surface area contributed by atoms with Crippen LogP contribution in [0.25, 0.3) is 0 Å². The lowest BCUT2D eigenvalue weighted by Crippen LogP contribution is -2.54. The van der Waals surface area contributed by atoms with E-state index in [1.165, 1.54) is 12.0 Å². The third-order valence-electron chi connectivity index (χ3n) is 6.33. The van der Waals surface area contributed by atoms with Gasteiger partial charge >= 0.3 is 0 Å². The summed E-state index contributed by atoms with van der Waals surface area (Å²) in [6, 6.07) is 11.0. The summed E-state index contributed by atoms with van der Waals surface area (Å²) < 4.78 is 0. The molecule has 1 aromatic carbocycles. The molecule has 1 amide bonds. The molecule has 0 radical (unpaired) electrons. The topological polar surface area (TPSA) is 60.0 Å². The van der Waals surface area contributed by atoms with E-state index in [1.54, 1.807) is 4.90 Å². The van der Waals surface area contributed by atoms with E-state index in [9.17, 15) is 4.79 Å². The lowest BCUT2D eigenvalue weighted by atomic mass is 9.84. The van der Waals surface area contributed by atoms with Gasteiger partial charge in [0.05, 0.1) is 5.41 Å². The number of guanidine groups is 1. The zero-order chi connectivity index (χ0) is 20.7. The fraction of sp³-hybridized carbons (Fsp3) is 0.652. The number of piperidine rings is 1. The highest BCUT2D eigenvalue weighted by Crippen LogP contribution is 2.38. The van der Waals surface area contributed by atoms with Gasteiger partial charge in [-0.05, 0) is 37.8 Å². The van der Waals surface area contributed by atoms with Gasteiger partial charge in [-0.25, -0.2) is 0 Å². The predicted octanol–water partition coefficient (Wildman–Crippen LogP) is 2.46. The Kier molecular flexibility index (Phi) is 7.53. The number of hydrogen-bond donors (Lipinski definition) is 2. The van der Waals surface area contributed by atoms with E-state index in [2.05, 4.69) is 50.9 Å². The van der Waals surface area contributed by atoms with Crippen molar-refractivity contribution >= 4 is 11.9 Å². The van der Waals surface area contributed by atoms with Crippen LogP contribution in [0, 0.1) is 5.41 Å². The van der Waals surface area contributed by atoms with Gasteiger partial charge < -0.3 is 15.5 Å². The summed E-state index contributed by atoms with van der Waals surface area (Å²) >= 11 is 0. The molecule has 0 bridgehead atoms. The van der Waals surface area contributed by atoms with Crippen molar-refractivity contribution in [3.8, 4) is 0 Å². The number of carbonyl (C=O) groups excluding carboxylic acids is 1. The predicted molar refractivity (Wildman–Crippen MR) is 119 cm³/mol. The average Bonchev–Trinajstić information content (AvgIpc) is 3.21. The molecule has 1 aromatic rings. The first-order chi connectivity index (χ1) is 14.0. The highest BCUT2D eigenvalue weighted by molar-refractivity contribution is 5.85. The van der Waals surface area contributed by atoms with Crippen molar-refractivity contribution in [1.82, 2.24) is 20.4 Å². The third-order valence-corrected chi connectivity index (χ3v) is 6.33. The quantitative estimate of drug-likeness (QED) is 0.570. The van der Waals surface area contributed by atoms with E-state index < -0.39 is 0 Å². The van der Waals surface area contributed by atoms with Gasteiger partial charge in [0.2, 0.25) is 5.91 Å². The number of aliphatic imine (C=N–C) groups is 1. The van der Waals surface area contributed by atoms with E-state index in [0.717, 1.165) is 57.7 Å². The zero-order valence-electron chi connectivity index (χ0n) is 18.3. The summed E-state index contributed by atoms with van der Waals surface area (Å²) in [6.07, 6.45) is 6.51. The smallest absolute Gasteiger partial charge is 0.230 e. The molecule has 29 heavy (non-hydrogen) atoms.